The van der Waals surface area contributed by atoms with Gasteiger partial charge in [-0.2, -0.15) is 17.5 Å². The number of guanidine groups is 1. The summed E-state index contributed by atoms with van der Waals surface area (Å²) in [6.07, 6.45) is 1.41. The smallest absolute Gasteiger partial charge is 0.361 e. The quantitative estimate of drug-likeness (QED) is 0.498. The molecule has 2 heterocycles. The van der Waals surface area contributed by atoms with Gasteiger partial charge in [0.25, 0.3) is 0 Å². The molecule has 29 heavy (non-hydrogen) atoms. The summed E-state index contributed by atoms with van der Waals surface area (Å²) < 4.78 is 66.5. The molecular formula is C17H28F3N5O3S. The summed E-state index contributed by atoms with van der Waals surface area (Å²) in [5, 5.41) is 10.3. The van der Waals surface area contributed by atoms with Crippen molar-refractivity contribution in [2.24, 2.45) is 10.9 Å². The summed E-state index contributed by atoms with van der Waals surface area (Å²) in [6, 6.07) is 0. The van der Waals surface area contributed by atoms with E-state index in [1.807, 2.05) is 20.8 Å². The average Bonchev–Trinajstić information content (AvgIpc) is 2.97. The maximum absolute atomic E-state index is 12.6. The summed E-state index contributed by atoms with van der Waals surface area (Å²) in [6.45, 7) is 7.11. The molecule has 0 spiro atoms. The van der Waals surface area contributed by atoms with Crippen molar-refractivity contribution in [2.45, 2.75) is 45.5 Å². The zero-order valence-corrected chi connectivity index (χ0v) is 17.7. The van der Waals surface area contributed by atoms with Crippen LogP contribution >= 0.6 is 0 Å². The van der Waals surface area contributed by atoms with Crippen LogP contribution in [0.2, 0.25) is 0 Å². The molecular weight excluding hydrogens is 411 g/mol. The molecule has 166 valence electrons. The second-order valence-electron chi connectivity index (χ2n) is 6.99. The molecule has 0 atom stereocenters. The number of piperidine rings is 1. The zero-order chi connectivity index (χ0) is 21.7. The maximum atomic E-state index is 12.6. The highest BCUT2D eigenvalue weighted by Gasteiger charge is 2.50. The third kappa shape index (κ3) is 6.08. The number of aryl methyl sites for hydroxylation is 2. The Morgan fingerprint density at radius 1 is 1.28 bits per heavy atom. The van der Waals surface area contributed by atoms with Crippen molar-refractivity contribution < 1.29 is 26.1 Å². The summed E-state index contributed by atoms with van der Waals surface area (Å²) >= 11 is 0. The first-order valence-corrected chi connectivity index (χ1v) is 11.0. The lowest BCUT2D eigenvalue weighted by atomic mass is 9.98. The summed E-state index contributed by atoms with van der Waals surface area (Å²) in [5.74, 6) is 1.43. The van der Waals surface area contributed by atoms with Crippen LogP contribution in [0, 0.1) is 19.8 Å². The van der Waals surface area contributed by atoms with Gasteiger partial charge in [-0.15, -0.1) is 0 Å². The standard InChI is InChI=1S/C17H28F3N5O3S/c1-4-21-16(22-8-5-15-12(2)24-28-13(15)3)23-11-14-6-9-25(10-7-14)29(26,27)17(18,19)20/h14H,4-11H2,1-3H3,(H2,21,22,23). The SMILES string of the molecule is CCNC(=NCC1CCN(S(=O)(=O)C(F)(F)F)CC1)NCCc1c(C)noc1C. The van der Waals surface area contributed by atoms with E-state index in [2.05, 4.69) is 20.8 Å². The van der Waals surface area contributed by atoms with Crippen molar-refractivity contribution in [2.75, 3.05) is 32.7 Å². The molecule has 1 aromatic heterocycles. The number of alkyl halides is 3. The molecule has 2 rings (SSSR count). The largest absolute Gasteiger partial charge is 0.511 e. The van der Waals surface area contributed by atoms with Gasteiger partial charge < -0.3 is 15.2 Å². The van der Waals surface area contributed by atoms with E-state index in [-0.39, 0.29) is 19.0 Å². The van der Waals surface area contributed by atoms with Crippen LogP contribution in [0.4, 0.5) is 13.2 Å². The molecule has 1 aliphatic rings. The maximum Gasteiger partial charge on any atom is 0.511 e. The van der Waals surface area contributed by atoms with E-state index in [0.717, 1.165) is 23.4 Å². The van der Waals surface area contributed by atoms with Gasteiger partial charge >= 0.3 is 15.5 Å². The highest BCUT2D eigenvalue weighted by atomic mass is 32.2. The van der Waals surface area contributed by atoms with Gasteiger partial charge in [0, 0.05) is 38.3 Å². The predicted molar refractivity (Wildman–Crippen MR) is 103 cm³/mol. The van der Waals surface area contributed by atoms with Crippen LogP contribution in [0.25, 0.3) is 0 Å². The Morgan fingerprint density at radius 3 is 2.45 bits per heavy atom. The molecule has 0 bridgehead atoms. The normalized spacial score (nSPS) is 17.5. The molecule has 0 unspecified atom stereocenters. The Bertz CT molecular complexity index is 780. The van der Waals surface area contributed by atoms with Crippen molar-refractivity contribution in [1.82, 2.24) is 20.1 Å². The Kier molecular flexibility index (Phi) is 7.92. The van der Waals surface area contributed by atoms with E-state index in [9.17, 15) is 21.6 Å². The van der Waals surface area contributed by atoms with Gasteiger partial charge in [-0.3, -0.25) is 4.99 Å². The van der Waals surface area contributed by atoms with Gasteiger partial charge in [0.05, 0.1) is 5.69 Å². The fourth-order valence-electron chi connectivity index (χ4n) is 3.21. The molecule has 0 saturated carbocycles. The van der Waals surface area contributed by atoms with Crippen molar-refractivity contribution >= 4 is 16.0 Å². The molecule has 8 nitrogen and oxygen atoms in total. The molecule has 1 fully saturated rings. The van der Waals surface area contributed by atoms with Crippen molar-refractivity contribution in [3.63, 3.8) is 0 Å². The van der Waals surface area contributed by atoms with Gasteiger partial charge in [-0.25, -0.2) is 8.42 Å². The first kappa shape index (κ1) is 23.5. The van der Waals surface area contributed by atoms with Crippen molar-refractivity contribution in [3.8, 4) is 0 Å². The fourth-order valence-corrected chi connectivity index (χ4v) is 4.19. The van der Waals surface area contributed by atoms with Crippen LogP contribution in [0.3, 0.4) is 0 Å². The molecule has 12 heteroatoms. The number of aromatic nitrogens is 1. The first-order chi connectivity index (χ1) is 13.6. The Morgan fingerprint density at radius 2 is 1.93 bits per heavy atom. The van der Waals surface area contributed by atoms with E-state index in [4.69, 9.17) is 4.52 Å². The average molecular weight is 440 g/mol. The predicted octanol–water partition coefficient (Wildman–Crippen LogP) is 1.95. The summed E-state index contributed by atoms with van der Waals surface area (Å²) in [4.78, 5) is 4.50. The van der Waals surface area contributed by atoms with Crippen LogP contribution in [-0.4, -0.2) is 62.1 Å². The number of nitrogens with zero attached hydrogens (tertiary/aromatic N) is 3. The molecule has 0 aromatic carbocycles. The summed E-state index contributed by atoms with van der Waals surface area (Å²) in [5.41, 5.74) is -3.35. The highest BCUT2D eigenvalue weighted by molar-refractivity contribution is 7.90. The molecule has 1 aromatic rings. The lowest BCUT2D eigenvalue weighted by molar-refractivity contribution is -0.0496. The number of nitrogens with one attached hydrogen (secondary N) is 2. The first-order valence-electron chi connectivity index (χ1n) is 9.56. The third-order valence-electron chi connectivity index (χ3n) is 4.91. The molecule has 0 aliphatic carbocycles. The lowest BCUT2D eigenvalue weighted by Gasteiger charge is -2.30. The van der Waals surface area contributed by atoms with Crippen molar-refractivity contribution in [3.05, 3.63) is 17.0 Å². The monoisotopic (exact) mass is 439 g/mol. The van der Waals surface area contributed by atoms with E-state index in [1.165, 1.54) is 0 Å². The Balaban J connectivity index is 1.85. The molecule has 0 radical (unpaired) electrons. The number of hydrogen-bond acceptors (Lipinski definition) is 5. The second-order valence-corrected chi connectivity index (χ2v) is 8.92. The molecule has 1 saturated heterocycles. The number of sulfonamides is 1. The number of rotatable bonds is 7. The van der Waals surface area contributed by atoms with Crippen LogP contribution in [0.1, 0.15) is 36.8 Å². The van der Waals surface area contributed by atoms with E-state index < -0.39 is 15.5 Å². The molecule has 2 N–H and O–H groups in total. The summed E-state index contributed by atoms with van der Waals surface area (Å²) in [7, 11) is -5.24. The van der Waals surface area contributed by atoms with Gasteiger partial charge in [-0.05, 0) is 46.0 Å². The minimum Gasteiger partial charge on any atom is -0.361 e. The van der Waals surface area contributed by atoms with Gasteiger partial charge in [0.15, 0.2) is 5.96 Å². The lowest BCUT2D eigenvalue weighted by Crippen LogP contribution is -2.45. The topological polar surface area (TPSA) is 99.8 Å². The molecule has 1 aliphatic heterocycles. The molecule has 0 amide bonds. The zero-order valence-electron chi connectivity index (χ0n) is 16.8. The van der Waals surface area contributed by atoms with E-state index in [1.54, 1.807) is 0 Å². The number of halogens is 3. The van der Waals surface area contributed by atoms with E-state index >= 15 is 0 Å². The van der Waals surface area contributed by atoms with Crippen LogP contribution in [0.5, 0.6) is 0 Å². The minimum atomic E-state index is -5.25. The Labute approximate surface area is 169 Å². The van der Waals surface area contributed by atoms with Crippen LogP contribution in [0.15, 0.2) is 9.52 Å². The van der Waals surface area contributed by atoms with Gasteiger partial charge in [0.2, 0.25) is 0 Å². The third-order valence-corrected chi connectivity index (χ3v) is 6.54. The van der Waals surface area contributed by atoms with E-state index in [0.29, 0.717) is 42.7 Å². The highest BCUT2D eigenvalue weighted by Crippen LogP contribution is 2.30. The fraction of sp³-hybridized carbons (Fsp3) is 0.765. The van der Waals surface area contributed by atoms with Gasteiger partial charge in [-0.1, -0.05) is 5.16 Å². The van der Waals surface area contributed by atoms with Crippen LogP contribution in [-0.2, 0) is 16.4 Å². The second kappa shape index (κ2) is 9.79. The van der Waals surface area contributed by atoms with Crippen LogP contribution < -0.4 is 10.6 Å². The van der Waals surface area contributed by atoms with Gasteiger partial charge in [0.1, 0.15) is 5.76 Å². The number of hydrogen-bond donors (Lipinski definition) is 2. The van der Waals surface area contributed by atoms with Crippen molar-refractivity contribution in [1.29, 1.82) is 0 Å². The minimum absolute atomic E-state index is 0.0349. The number of aliphatic imine (C=N–C) groups is 1. The Hall–Kier alpha value is -1.82.